The van der Waals surface area contributed by atoms with Crippen molar-refractivity contribution >= 4 is 22.7 Å². The van der Waals surface area contributed by atoms with Crippen LogP contribution in [0.25, 0.3) is 17.0 Å². The lowest BCUT2D eigenvalue weighted by atomic mass is 9.96. The van der Waals surface area contributed by atoms with Crippen LogP contribution >= 0.6 is 0 Å². The molecule has 2 aromatic carbocycles. The van der Waals surface area contributed by atoms with E-state index in [2.05, 4.69) is 69.0 Å². The molecular formula is C27H34N2O2. The summed E-state index contributed by atoms with van der Waals surface area (Å²) in [6, 6.07) is 10.3. The summed E-state index contributed by atoms with van der Waals surface area (Å²) in [5, 5.41) is 1.19. The van der Waals surface area contributed by atoms with E-state index in [9.17, 15) is 0 Å². The van der Waals surface area contributed by atoms with Gasteiger partial charge in [0, 0.05) is 24.0 Å². The summed E-state index contributed by atoms with van der Waals surface area (Å²) in [6.07, 6.45) is 6.67. The minimum absolute atomic E-state index is 0.330. The van der Waals surface area contributed by atoms with Gasteiger partial charge in [-0.3, -0.25) is 4.90 Å². The van der Waals surface area contributed by atoms with Gasteiger partial charge in [-0.05, 0) is 62.8 Å². The molecule has 4 rings (SSSR count). The first-order valence-corrected chi connectivity index (χ1v) is 11.3. The molecule has 4 nitrogen and oxygen atoms in total. The number of likely N-dealkylation sites (tertiary alicyclic amines) is 1. The predicted octanol–water partition coefficient (Wildman–Crippen LogP) is 5.94. The van der Waals surface area contributed by atoms with Crippen molar-refractivity contribution in [3.63, 3.8) is 0 Å². The second-order valence-electron chi connectivity index (χ2n) is 8.76. The zero-order valence-electron chi connectivity index (χ0n) is 19.2. The van der Waals surface area contributed by atoms with Crippen molar-refractivity contribution in [3.8, 4) is 0 Å². The van der Waals surface area contributed by atoms with Crippen LogP contribution in [-0.4, -0.2) is 30.7 Å². The minimum Gasteiger partial charge on any atom is -0.457 e. The van der Waals surface area contributed by atoms with Crippen LogP contribution in [-0.2, 0) is 11.3 Å². The Bertz CT molecular complexity index is 1070. The highest BCUT2D eigenvalue weighted by molar-refractivity contribution is 5.96. The number of hydrogen-bond acceptors (Lipinski definition) is 4. The maximum Gasteiger partial charge on any atom is 0.158 e. The highest BCUT2D eigenvalue weighted by Gasteiger charge is 2.23. The number of aryl methyl sites for hydroxylation is 2. The van der Waals surface area contributed by atoms with E-state index in [0.29, 0.717) is 12.7 Å². The summed E-state index contributed by atoms with van der Waals surface area (Å²) in [4.78, 5) is 2.47. The predicted molar refractivity (Wildman–Crippen MR) is 129 cm³/mol. The van der Waals surface area contributed by atoms with E-state index in [1.165, 1.54) is 27.6 Å². The van der Waals surface area contributed by atoms with Crippen LogP contribution in [0.1, 0.15) is 46.4 Å². The highest BCUT2D eigenvalue weighted by Crippen LogP contribution is 2.37. The van der Waals surface area contributed by atoms with Crippen LogP contribution in [0.15, 0.2) is 40.8 Å². The number of anilines is 1. The van der Waals surface area contributed by atoms with E-state index in [4.69, 9.17) is 14.9 Å². The van der Waals surface area contributed by atoms with E-state index in [0.717, 1.165) is 55.1 Å². The number of furan rings is 1. The maximum absolute atomic E-state index is 6.39. The smallest absolute Gasteiger partial charge is 0.158 e. The number of fused-ring (bicyclic) bond motifs is 1. The number of piperidine rings is 1. The Morgan fingerprint density at radius 1 is 1.00 bits per heavy atom. The lowest BCUT2D eigenvalue weighted by Gasteiger charge is -2.31. The van der Waals surface area contributed by atoms with Crippen LogP contribution in [0.3, 0.4) is 0 Å². The molecule has 0 saturated carbocycles. The lowest BCUT2D eigenvalue weighted by Crippen LogP contribution is -2.36. The summed E-state index contributed by atoms with van der Waals surface area (Å²) in [5.74, 6) is 1.04. The third-order valence-electron chi connectivity index (χ3n) is 6.83. The fourth-order valence-electron chi connectivity index (χ4n) is 4.57. The quantitative estimate of drug-likeness (QED) is 0.503. The van der Waals surface area contributed by atoms with Crippen LogP contribution in [0.2, 0.25) is 0 Å². The van der Waals surface area contributed by atoms with Gasteiger partial charge < -0.3 is 14.9 Å². The fraction of sp³-hybridized carbons (Fsp3) is 0.407. The number of nitrogen functional groups attached to an aromatic ring is 1. The van der Waals surface area contributed by atoms with Crippen LogP contribution in [0.4, 0.5) is 5.69 Å². The SMILES string of the molecule is Cc1c(C)c(C)c2c(C)c(CN3CCC(OCC=Cc4ccccc4)CC3)oc2c1N. The molecule has 0 aliphatic carbocycles. The Labute approximate surface area is 185 Å². The van der Waals surface area contributed by atoms with Gasteiger partial charge in [0.05, 0.1) is 24.9 Å². The van der Waals surface area contributed by atoms with Crippen molar-refractivity contribution in [2.45, 2.75) is 53.2 Å². The molecule has 0 spiro atoms. The monoisotopic (exact) mass is 418 g/mol. The molecule has 1 fully saturated rings. The van der Waals surface area contributed by atoms with Gasteiger partial charge in [0.15, 0.2) is 5.58 Å². The number of nitrogens with zero attached hydrogens (tertiary/aromatic N) is 1. The van der Waals surface area contributed by atoms with Crippen molar-refractivity contribution in [1.29, 1.82) is 0 Å². The number of benzene rings is 2. The minimum atomic E-state index is 0.330. The average molecular weight is 419 g/mol. The van der Waals surface area contributed by atoms with Gasteiger partial charge in [-0.15, -0.1) is 0 Å². The summed E-state index contributed by atoms with van der Waals surface area (Å²) in [5.41, 5.74) is 14.1. The molecule has 2 heterocycles. The van der Waals surface area contributed by atoms with E-state index in [-0.39, 0.29) is 0 Å². The van der Waals surface area contributed by atoms with Gasteiger partial charge >= 0.3 is 0 Å². The molecule has 0 amide bonds. The van der Waals surface area contributed by atoms with Gasteiger partial charge in [0.25, 0.3) is 0 Å². The maximum atomic E-state index is 6.39. The zero-order valence-corrected chi connectivity index (χ0v) is 19.2. The van der Waals surface area contributed by atoms with Crippen molar-refractivity contribution in [1.82, 2.24) is 4.90 Å². The van der Waals surface area contributed by atoms with Crippen molar-refractivity contribution in [2.24, 2.45) is 0 Å². The van der Waals surface area contributed by atoms with Gasteiger partial charge in [0.1, 0.15) is 5.76 Å². The molecule has 164 valence electrons. The molecule has 0 radical (unpaired) electrons. The number of rotatable bonds is 6. The van der Waals surface area contributed by atoms with E-state index in [1.54, 1.807) is 0 Å². The Morgan fingerprint density at radius 3 is 2.42 bits per heavy atom. The fourth-order valence-corrected chi connectivity index (χ4v) is 4.57. The molecule has 1 aliphatic heterocycles. The topological polar surface area (TPSA) is 51.6 Å². The summed E-state index contributed by atoms with van der Waals surface area (Å²) >= 11 is 0. The molecule has 4 heteroatoms. The van der Waals surface area contributed by atoms with E-state index < -0.39 is 0 Å². The van der Waals surface area contributed by atoms with Crippen molar-refractivity contribution in [2.75, 3.05) is 25.4 Å². The lowest BCUT2D eigenvalue weighted by molar-refractivity contribution is 0.0190. The summed E-state index contributed by atoms with van der Waals surface area (Å²) < 4.78 is 12.4. The van der Waals surface area contributed by atoms with Gasteiger partial charge in [-0.1, -0.05) is 42.5 Å². The van der Waals surface area contributed by atoms with Crippen LogP contribution in [0.5, 0.6) is 0 Å². The zero-order chi connectivity index (χ0) is 22.0. The Kier molecular flexibility index (Phi) is 6.49. The molecular weight excluding hydrogens is 384 g/mol. The Balaban J connectivity index is 1.33. The average Bonchev–Trinajstić information content (AvgIpc) is 3.11. The number of hydrogen-bond donors (Lipinski definition) is 1. The summed E-state index contributed by atoms with van der Waals surface area (Å²) in [7, 11) is 0. The second-order valence-corrected chi connectivity index (χ2v) is 8.76. The molecule has 31 heavy (non-hydrogen) atoms. The molecule has 1 saturated heterocycles. The van der Waals surface area contributed by atoms with Crippen molar-refractivity contribution < 1.29 is 9.15 Å². The molecule has 0 bridgehead atoms. The largest absolute Gasteiger partial charge is 0.457 e. The van der Waals surface area contributed by atoms with Crippen molar-refractivity contribution in [3.05, 3.63) is 70.0 Å². The van der Waals surface area contributed by atoms with Crippen LogP contribution in [0, 0.1) is 27.7 Å². The van der Waals surface area contributed by atoms with E-state index in [1.807, 2.05) is 6.07 Å². The number of nitrogens with two attached hydrogens (primary N) is 1. The van der Waals surface area contributed by atoms with Gasteiger partial charge in [-0.2, -0.15) is 0 Å². The first-order chi connectivity index (χ1) is 15.0. The van der Waals surface area contributed by atoms with Gasteiger partial charge in [-0.25, -0.2) is 0 Å². The van der Waals surface area contributed by atoms with Gasteiger partial charge in [0.2, 0.25) is 0 Å². The molecule has 0 atom stereocenters. The van der Waals surface area contributed by atoms with Crippen LogP contribution < -0.4 is 5.73 Å². The Morgan fingerprint density at radius 2 is 1.71 bits per heavy atom. The second kappa shape index (κ2) is 9.29. The highest BCUT2D eigenvalue weighted by atomic mass is 16.5. The number of ether oxygens (including phenoxy) is 1. The molecule has 3 aromatic rings. The first-order valence-electron chi connectivity index (χ1n) is 11.3. The third-order valence-corrected chi connectivity index (χ3v) is 6.83. The Hall–Kier alpha value is -2.56. The molecule has 1 aromatic heterocycles. The normalized spacial score (nSPS) is 16.0. The molecule has 1 aliphatic rings. The third kappa shape index (κ3) is 4.56. The standard InChI is InChI=1S/C27H34N2O2/c1-18-19(2)25-21(4)24(31-27(25)26(28)20(18)3)17-29-14-12-23(13-15-29)30-16-8-11-22-9-6-5-7-10-22/h5-11,23H,12-17,28H2,1-4H3. The molecule has 2 N–H and O–H groups in total. The summed E-state index contributed by atoms with van der Waals surface area (Å²) in [6.45, 7) is 12.1. The molecule has 0 unspecified atom stereocenters. The van der Waals surface area contributed by atoms with E-state index >= 15 is 0 Å². The first kappa shape index (κ1) is 21.7.